The maximum absolute atomic E-state index is 13.8. The summed E-state index contributed by atoms with van der Waals surface area (Å²) in [6, 6.07) is 20.3. The number of Topliss-reactive ketones (excluding diaryl/α,β-unsaturated/α-hetero) is 2. The molecule has 0 bridgehead atoms. The minimum absolute atomic E-state index is 0.0847. The molecule has 1 saturated heterocycles. The lowest BCUT2D eigenvalue weighted by Crippen LogP contribution is -2.41. The maximum atomic E-state index is 13.8. The number of halogens is 1. The molecule has 4 rings (SSSR count). The smallest absolute Gasteiger partial charge is 0.237 e. The van der Waals surface area contributed by atoms with E-state index in [1.165, 1.54) is 24.1 Å². The number of nitrogens with zero attached hydrogens (tertiary/aromatic N) is 1. The molecule has 1 N–H and O–H groups in total. The second kappa shape index (κ2) is 12.2. The maximum Gasteiger partial charge on any atom is 0.237 e. The van der Waals surface area contributed by atoms with Gasteiger partial charge >= 0.3 is 0 Å². The van der Waals surface area contributed by atoms with Crippen molar-refractivity contribution in [2.45, 2.75) is 26.6 Å². The van der Waals surface area contributed by atoms with Crippen LogP contribution in [0.5, 0.6) is 5.75 Å². The summed E-state index contributed by atoms with van der Waals surface area (Å²) >= 11 is 6.29. The number of anilines is 1. The van der Waals surface area contributed by atoms with Gasteiger partial charge in [-0.3, -0.25) is 19.2 Å². The van der Waals surface area contributed by atoms with Crippen LogP contribution in [-0.2, 0) is 25.7 Å². The molecular weight excluding hydrogens is 520 g/mol. The van der Waals surface area contributed by atoms with Crippen LogP contribution in [0.15, 0.2) is 72.8 Å². The summed E-state index contributed by atoms with van der Waals surface area (Å²) in [6.07, 6.45) is -1.23. The van der Waals surface area contributed by atoms with Crippen LogP contribution in [0.25, 0.3) is 0 Å². The van der Waals surface area contributed by atoms with Gasteiger partial charge in [-0.1, -0.05) is 48.0 Å². The molecule has 8 nitrogen and oxygen atoms in total. The Morgan fingerprint density at radius 1 is 1.03 bits per heavy atom. The molecule has 1 aliphatic rings. The average Bonchev–Trinajstić information content (AvgIpc) is 3.16. The van der Waals surface area contributed by atoms with Crippen LogP contribution < -0.4 is 10.1 Å². The summed E-state index contributed by atoms with van der Waals surface area (Å²) < 4.78 is 10.8. The Morgan fingerprint density at radius 3 is 2.36 bits per heavy atom. The highest BCUT2D eigenvalue weighted by atomic mass is 35.5. The molecule has 1 fully saturated rings. The van der Waals surface area contributed by atoms with Gasteiger partial charge in [0.2, 0.25) is 11.8 Å². The van der Waals surface area contributed by atoms with Crippen molar-refractivity contribution in [2.75, 3.05) is 19.0 Å². The van der Waals surface area contributed by atoms with Gasteiger partial charge in [-0.25, -0.2) is 0 Å². The number of amides is 2. The van der Waals surface area contributed by atoms with E-state index in [1.807, 2.05) is 37.3 Å². The van der Waals surface area contributed by atoms with Crippen molar-refractivity contribution < 1.29 is 28.7 Å². The first kappa shape index (κ1) is 28.0. The molecule has 3 atom stereocenters. The van der Waals surface area contributed by atoms with Crippen molar-refractivity contribution in [1.29, 1.82) is 0 Å². The molecular formula is C30H29ClN2O6. The van der Waals surface area contributed by atoms with Crippen molar-refractivity contribution >= 4 is 40.7 Å². The number of aryl methyl sites for hydroxylation is 1. The summed E-state index contributed by atoms with van der Waals surface area (Å²) in [5, 5.41) is 2.93. The van der Waals surface area contributed by atoms with E-state index in [0.717, 1.165) is 11.1 Å². The molecule has 2 amide bonds. The van der Waals surface area contributed by atoms with Gasteiger partial charge in [0.05, 0.1) is 17.8 Å². The summed E-state index contributed by atoms with van der Waals surface area (Å²) in [5.74, 6) is -5.51. The number of carbonyl (C=O) groups is 4. The summed E-state index contributed by atoms with van der Waals surface area (Å²) in [5.41, 5.74) is 2.03. The molecule has 1 aliphatic heterocycles. The minimum Gasteiger partial charge on any atom is -0.497 e. The molecule has 3 unspecified atom stereocenters. The molecule has 0 radical (unpaired) electrons. The number of nitrogens with one attached hydrogen (secondary N) is 1. The molecule has 202 valence electrons. The Kier molecular flexibility index (Phi) is 8.79. The van der Waals surface area contributed by atoms with Crippen LogP contribution in [-0.4, -0.2) is 48.2 Å². The van der Waals surface area contributed by atoms with Crippen LogP contribution >= 0.6 is 11.6 Å². The van der Waals surface area contributed by atoms with Gasteiger partial charge in [0, 0.05) is 18.7 Å². The highest BCUT2D eigenvalue weighted by Crippen LogP contribution is 2.34. The fourth-order valence-electron chi connectivity index (χ4n) is 4.60. The number of carbonyl (C=O) groups excluding carboxylic acids is 4. The zero-order chi connectivity index (χ0) is 28.1. The number of ether oxygens (including phenoxy) is 2. The van der Waals surface area contributed by atoms with Crippen molar-refractivity contribution in [3.63, 3.8) is 0 Å². The minimum atomic E-state index is -1.65. The predicted octanol–water partition coefficient (Wildman–Crippen LogP) is 4.68. The SMILES string of the molecule is CCOC1C(=O)C(C(C(=O)Nc2cc(C)ccc2Cl)C(=O)c2ccc(OC)cc2)C(=O)N1Cc1ccccc1. The zero-order valence-corrected chi connectivity index (χ0v) is 22.6. The van der Waals surface area contributed by atoms with Crippen molar-refractivity contribution in [3.05, 3.63) is 94.5 Å². The highest BCUT2D eigenvalue weighted by Gasteiger charge is 2.55. The van der Waals surface area contributed by atoms with Crippen LogP contribution in [0, 0.1) is 18.8 Å². The van der Waals surface area contributed by atoms with E-state index >= 15 is 0 Å². The van der Waals surface area contributed by atoms with Gasteiger partial charge in [0.25, 0.3) is 0 Å². The van der Waals surface area contributed by atoms with Crippen LogP contribution in [0.3, 0.4) is 0 Å². The highest BCUT2D eigenvalue weighted by molar-refractivity contribution is 6.34. The van der Waals surface area contributed by atoms with Gasteiger partial charge in [-0.15, -0.1) is 0 Å². The van der Waals surface area contributed by atoms with E-state index in [-0.39, 0.29) is 29.4 Å². The Morgan fingerprint density at radius 2 is 1.72 bits per heavy atom. The summed E-state index contributed by atoms with van der Waals surface area (Å²) in [6.45, 7) is 3.77. The number of hydrogen-bond donors (Lipinski definition) is 1. The molecule has 0 spiro atoms. The molecule has 39 heavy (non-hydrogen) atoms. The van der Waals surface area contributed by atoms with Gasteiger partial charge in [-0.2, -0.15) is 0 Å². The average molecular weight is 549 g/mol. The number of hydrogen-bond acceptors (Lipinski definition) is 6. The van der Waals surface area contributed by atoms with E-state index in [0.29, 0.717) is 5.75 Å². The lowest BCUT2D eigenvalue weighted by molar-refractivity contribution is -0.143. The third-order valence-corrected chi connectivity index (χ3v) is 6.88. The number of ketones is 2. The number of likely N-dealkylation sites (tertiary alicyclic amines) is 1. The van der Waals surface area contributed by atoms with Gasteiger partial charge in [0.15, 0.2) is 17.8 Å². The van der Waals surface area contributed by atoms with E-state index in [2.05, 4.69) is 5.32 Å². The molecule has 9 heteroatoms. The molecule has 0 aliphatic carbocycles. The monoisotopic (exact) mass is 548 g/mol. The third kappa shape index (κ3) is 6.02. The fraction of sp³-hybridized carbons (Fsp3) is 0.267. The third-order valence-electron chi connectivity index (χ3n) is 6.55. The Balaban J connectivity index is 1.75. The number of rotatable bonds is 10. The van der Waals surface area contributed by atoms with Crippen molar-refractivity contribution in [1.82, 2.24) is 4.90 Å². The van der Waals surface area contributed by atoms with Crippen LogP contribution in [0.2, 0.25) is 5.02 Å². The second-order valence-electron chi connectivity index (χ2n) is 9.18. The van der Waals surface area contributed by atoms with E-state index in [9.17, 15) is 19.2 Å². The standard InChI is InChI=1S/C30H29ClN2O6/c1-4-39-30-27(35)25(29(37)33(30)17-19-8-6-5-7-9-19)24(26(34)20-11-13-21(38-3)14-12-20)28(36)32-23-16-18(2)10-15-22(23)31/h5-16,24-25,30H,4,17H2,1-3H3,(H,32,36). The first-order valence-electron chi connectivity index (χ1n) is 12.5. The van der Waals surface area contributed by atoms with Crippen molar-refractivity contribution in [2.24, 2.45) is 11.8 Å². The molecule has 1 heterocycles. The lowest BCUT2D eigenvalue weighted by atomic mass is 9.82. The van der Waals surface area contributed by atoms with Gasteiger partial charge < -0.3 is 19.7 Å². The largest absolute Gasteiger partial charge is 0.497 e. The quantitative estimate of drug-likeness (QED) is 0.291. The number of methoxy groups -OCH3 is 1. The first-order chi connectivity index (χ1) is 18.7. The Hall–Kier alpha value is -4.01. The molecule has 3 aromatic carbocycles. The second-order valence-corrected chi connectivity index (χ2v) is 9.59. The fourth-order valence-corrected chi connectivity index (χ4v) is 4.77. The molecule has 3 aromatic rings. The van der Waals surface area contributed by atoms with Crippen molar-refractivity contribution in [3.8, 4) is 5.75 Å². The zero-order valence-electron chi connectivity index (χ0n) is 21.8. The van der Waals surface area contributed by atoms with E-state index in [1.54, 1.807) is 37.3 Å². The molecule has 0 saturated carbocycles. The normalized spacial score (nSPS) is 17.7. The van der Waals surface area contributed by atoms with Gasteiger partial charge in [-0.05, 0) is 61.4 Å². The lowest BCUT2D eigenvalue weighted by Gasteiger charge is -2.23. The topological polar surface area (TPSA) is 102 Å². The first-order valence-corrected chi connectivity index (χ1v) is 12.9. The Labute approximate surface area is 231 Å². The van der Waals surface area contributed by atoms with Crippen LogP contribution in [0.1, 0.15) is 28.4 Å². The summed E-state index contributed by atoms with van der Waals surface area (Å²) in [7, 11) is 1.49. The predicted molar refractivity (Wildman–Crippen MR) is 147 cm³/mol. The van der Waals surface area contributed by atoms with E-state index in [4.69, 9.17) is 21.1 Å². The van der Waals surface area contributed by atoms with Gasteiger partial charge in [0.1, 0.15) is 17.6 Å². The molecule has 0 aromatic heterocycles. The number of benzene rings is 3. The van der Waals surface area contributed by atoms with Crippen LogP contribution in [0.4, 0.5) is 5.69 Å². The Bertz CT molecular complexity index is 1380. The van der Waals surface area contributed by atoms with E-state index < -0.39 is 41.4 Å². The summed E-state index contributed by atoms with van der Waals surface area (Å²) in [4.78, 5) is 56.4.